The quantitative estimate of drug-likeness (QED) is 0.543. The number of amides is 1. The summed E-state index contributed by atoms with van der Waals surface area (Å²) in [5.74, 6) is -0.527. The van der Waals surface area contributed by atoms with Crippen LogP contribution >= 0.6 is 0 Å². The maximum Gasteiger partial charge on any atom is 0.342 e. The van der Waals surface area contributed by atoms with Crippen molar-refractivity contribution in [3.05, 3.63) is 65.2 Å². The van der Waals surface area contributed by atoms with E-state index in [4.69, 9.17) is 9.47 Å². The van der Waals surface area contributed by atoms with Crippen LogP contribution in [0.1, 0.15) is 40.1 Å². The van der Waals surface area contributed by atoms with E-state index in [-0.39, 0.29) is 18.3 Å². The van der Waals surface area contributed by atoms with Crippen LogP contribution in [0.15, 0.2) is 48.5 Å². The predicted molar refractivity (Wildman–Crippen MR) is 101 cm³/mol. The first-order valence-corrected chi connectivity index (χ1v) is 8.76. The Morgan fingerprint density at radius 1 is 1.00 bits per heavy atom. The third-order valence-electron chi connectivity index (χ3n) is 3.80. The van der Waals surface area contributed by atoms with Gasteiger partial charge in [0.1, 0.15) is 11.3 Å². The van der Waals surface area contributed by atoms with Gasteiger partial charge in [0.25, 0.3) is 0 Å². The third kappa shape index (κ3) is 6.26. The van der Waals surface area contributed by atoms with Gasteiger partial charge in [-0.15, -0.1) is 0 Å². The van der Waals surface area contributed by atoms with E-state index in [9.17, 15) is 14.4 Å². The highest BCUT2D eigenvalue weighted by Crippen LogP contribution is 2.19. The molecule has 2 rings (SSSR count). The second kappa shape index (κ2) is 10.1. The molecule has 0 spiro atoms. The molecule has 27 heavy (non-hydrogen) atoms. The van der Waals surface area contributed by atoms with Crippen LogP contribution < -0.4 is 10.1 Å². The number of ketones is 1. The molecule has 142 valence electrons. The molecule has 0 saturated heterocycles. The highest BCUT2D eigenvalue weighted by atomic mass is 16.5. The Bertz CT molecular complexity index is 798. The molecule has 0 aromatic heterocycles. The summed E-state index contributed by atoms with van der Waals surface area (Å²) in [6.45, 7) is 3.92. The molecule has 0 aliphatic carbocycles. The number of carbonyl (C=O) groups is 3. The molecule has 0 bridgehead atoms. The van der Waals surface area contributed by atoms with Crippen LogP contribution in [-0.4, -0.2) is 37.4 Å². The van der Waals surface area contributed by atoms with Crippen LogP contribution in [0, 0.1) is 0 Å². The molecule has 0 aliphatic rings. The first-order chi connectivity index (χ1) is 13.0. The van der Waals surface area contributed by atoms with Gasteiger partial charge in [0, 0.05) is 19.0 Å². The van der Waals surface area contributed by atoms with E-state index in [1.807, 2.05) is 19.1 Å². The fourth-order valence-electron chi connectivity index (χ4n) is 2.45. The molecule has 0 fully saturated rings. The topological polar surface area (TPSA) is 81.7 Å². The van der Waals surface area contributed by atoms with Crippen LogP contribution in [0.4, 0.5) is 0 Å². The van der Waals surface area contributed by atoms with Gasteiger partial charge in [0.2, 0.25) is 5.91 Å². The van der Waals surface area contributed by atoms with Crippen molar-refractivity contribution in [2.24, 2.45) is 0 Å². The molecule has 0 aliphatic heterocycles. The van der Waals surface area contributed by atoms with Crippen molar-refractivity contribution in [3.63, 3.8) is 0 Å². The average Bonchev–Trinajstić information content (AvgIpc) is 2.67. The Balaban J connectivity index is 1.90. The van der Waals surface area contributed by atoms with E-state index in [1.165, 1.54) is 6.92 Å². The van der Waals surface area contributed by atoms with Gasteiger partial charge < -0.3 is 14.8 Å². The predicted octanol–water partition coefficient (Wildman–Crippen LogP) is 2.80. The molecule has 1 N–H and O–H groups in total. The maximum absolute atomic E-state index is 12.2. The number of nitrogens with one attached hydrogen (secondary N) is 1. The van der Waals surface area contributed by atoms with Gasteiger partial charge in [-0.3, -0.25) is 9.59 Å². The normalized spacial score (nSPS) is 10.1. The van der Waals surface area contributed by atoms with Crippen molar-refractivity contribution in [3.8, 4) is 5.75 Å². The van der Waals surface area contributed by atoms with Crippen LogP contribution in [-0.2, 0) is 16.0 Å². The number of para-hydroxylation sites is 1. The summed E-state index contributed by atoms with van der Waals surface area (Å²) in [4.78, 5) is 35.3. The van der Waals surface area contributed by atoms with E-state index in [2.05, 4.69) is 5.32 Å². The summed E-state index contributed by atoms with van der Waals surface area (Å²) in [6, 6.07) is 13.8. The van der Waals surface area contributed by atoms with E-state index in [0.717, 1.165) is 5.56 Å². The number of ether oxygens (including phenoxy) is 2. The SMILES string of the molecule is CCOc1ccccc1C(=O)OCC(=O)c1ccc(CCNC(C)=O)cc1. The van der Waals surface area contributed by atoms with Crippen molar-refractivity contribution in [2.75, 3.05) is 19.8 Å². The van der Waals surface area contributed by atoms with Gasteiger partial charge in [-0.2, -0.15) is 0 Å². The Labute approximate surface area is 158 Å². The molecule has 6 heteroatoms. The van der Waals surface area contributed by atoms with Crippen molar-refractivity contribution in [2.45, 2.75) is 20.3 Å². The number of hydrogen-bond donors (Lipinski definition) is 1. The fourth-order valence-corrected chi connectivity index (χ4v) is 2.45. The molecule has 0 atom stereocenters. The molecule has 0 saturated carbocycles. The van der Waals surface area contributed by atoms with E-state index in [1.54, 1.807) is 36.4 Å². The Hall–Kier alpha value is -3.15. The first-order valence-electron chi connectivity index (χ1n) is 8.76. The Morgan fingerprint density at radius 3 is 2.37 bits per heavy atom. The van der Waals surface area contributed by atoms with Crippen LogP contribution in [0.2, 0.25) is 0 Å². The largest absolute Gasteiger partial charge is 0.493 e. The molecule has 1 amide bonds. The van der Waals surface area contributed by atoms with Gasteiger partial charge in [-0.05, 0) is 31.0 Å². The Morgan fingerprint density at radius 2 is 1.70 bits per heavy atom. The second-order valence-corrected chi connectivity index (χ2v) is 5.86. The van der Waals surface area contributed by atoms with Crippen LogP contribution in [0.25, 0.3) is 0 Å². The number of rotatable bonds is 9. The minimum atomic E-state index is -0.598. The highest BCUT2D eigenvalue weighted by Gasteiger charge is 2.15. The molecular weight excluding hydrogens is 346 g/mol. The number of benzene rings is 2. The average molecular weight is 369 g/mol. The summed E-state index contributed by atoms with van der Waals surface area (Å²) >= 11 is 0. The van der Waals surface area contributed by atoms with Crippen LogP contribution in [0.3, 0.4) is 0 Å². The summed E-state index contributed by atoms with van der Waals surface area (Å²) < 4.78 is 10.5. The number of hydrogen-bond acceptors (Lipinski definition) is 5. The number of esters is 1. The van der Waals surface area contributed by atoms with E-state index < -0.39 is 5.97 Å². The van der Waals surface area contributed by atoms with Gasteiger partial charge in [-0.25, -0.2) is 4.79 Å². The lowest BCUT2D eigenvalue weighted by Crippen LogP contribution is -2.22. The van der Waals surface area contributed by atoms with Gasteiger partial charge in [-0.1, -0.05) is 36.4 Å². The lowest BCUT2D eigenvalue weighted by molar-refractivity contribution is -0.118. The molecule has 2 aromatic rings. The molecule has 2 aromatic carbocycles. The number of carbonyl (C=O) groups excluding carboxylic acids is 3. The maximum atomic E-state index is 12.2. The number of Topliss-reactive ketones (excluding diaryl/α,β-unsaturated/α-hetero) is 1. The zero-order valence-corrected chi connectivity index (χ0v) is 15.5. The summed E-state index contributed by atoms with van der Waals surface area (Å²) in [5, 5.41) is 2.72. The van der Waals surface area contributed by atoms with Crippen molar-refractivity contribution >= 4 is 17.7 Å². The standard InChI is InChI=1S/C21H23NO5/c1-3-26-20-7-5-4-6-18(20)21(25)27-14-19(24)17-10-8-16(9-11-17)12-13-22-15(2)23/h4-11H,3,12-14H2,1-2H3,(H,22,23). The fraction of sp³-hybridized carbons (Fsp3) is 0.286. The van der Waals surface area contributed by atoms with E-state index >= 15 is 0 Å². The van der Waals surface area contributed by atoms with Gasteiger partial charge in [0.05, 0.1) is 6.61 Å². The molecule has 0 heterocycles. The lowest BCUT2D eigenvalue weighted by atomic mass is 10.1. The monoisotopic (exact) mass is 369 g/mol. The van der Waals surface area contributed by atoms with E-state index in [0.29, 0.717) is 36.4 Å². The summed E-state index contributed by atoms with van der Waals surface area (Å²) in [6.07, 6.45) is 0.678. The highest BCUT2D eigenvalue weighted by molar-refractivity contribution is 6.00. The third-order valence-corrected chi connectivity index (χ3v) is 3.80. The molecule has 0 unspecified atom stereocenters. The minimum Gasteiger partial charge on any atom is -0.493 e. The Kier molecular flexibility index (Phi) is 7.55. The minimum absolute atomic E-state index is 0.0745. The molecular formula is C21H23NO5. The molecule has 0 radical (unpaired) electrons. The zero-order chi connectivity index (χ0) is 19.6. The second-order valence-electron chi connectivity index (χ2n) is 5.86. The summed E-state index contributed by atoms with van der Waals surface area (Å²) in [7, 11) is 0. The van der Waals surface area contributed by atoms with Gasteiger partial charge in [0.15, 0.2) is 12.4 Å². The van der Waals surface area contributed by atoms with Crippen molar-refractivity contribution in [1.29, 1.82) is 0 Å². The van der Waals surface area contributed by atoms with Crippen LogP contribution in [0.5, 0.6) is 5.75 Å². The van der Waals surface area contributed by atoms with Crippen molar-refractivity contribution < 1.29 is 23.9 Å². The zero-order valence-electron chi connectivity index (χ0n) is 15.5. The lowest BCUT2D eigenvalue weighted by Gasteiger charge is -2.10. The molecule has 6 nitrogen and oxygen atoms in total. The first kappa shape index (κ1) is 20.2. The summed E-state index contributed by atoms with van der Waals surface area (Å²) in [5.41, 5.74) is 1.76. The van der Waals surface area contributed by atoms with Crippen molar-refractivity contribution in [1.82, 2.24) is 5.32 Å². The smallest absolute Gasteiger partial charge is 0.342 e. The van der Waals surface area contributed by atoms with Gasteiger partial charge >= 0.3 is 5.97 Å².